The molecule has 10 heterocycles. The van der Waals surface area contributed by atoms with Crippen LogP contribution in [0.15, 0.2) is 84.6 Å². The first kappa shape index (κ1) is 36.8. The van der Waals surface area contributed by atoms with Crippen molar-refractivity contribution in [2.75, 3.05) is 40.9 Å². The number of amidine groups is 1. The fraction of sp³-hybridized carbons (Fsp3) is 0.364. The number of nitrogens with zero attached hydrogens (tertiary/aromatic N) is 16. The number of benzene rings is 2. The fourth-order valence-electron chi connectivity index (χ4n) is 10.7. The van der Waals surface area contributed by atoms with Gasteiger partial charge in [0.2, 0.25) is 18.2 Å². The third-order valence-electron chi connectivity index (χ3n) is 13.8. The highest BCUT2D eigenvalue weighted by Gasteiger charge is 2.56. The molecule has 62 heavy (non-hydrogen) atoms. The summed E-state index contributed by atoms with van der Waals surface area (Å²) in [5.74, 6) is 4.96. The minimum atomic E-state index is -0.720. The number of anilines is 3. The molecular formula is C44H43F2N16+. The Morgan fingerprint density at radius 1 is 0.871 bits per heavy atom. The summed E-state index contributed by atoms with van der Waals surface area (Å²) >= 11 is 0. The lowest BCUT2D eigenvalue weighted by atomic mass is 9.80. The first-order valence-corrected chi connectivity index (χ1v) is 21.4. The molecule has 5 aliphatic heterocycles. The number of fused-ring (bicyclic) bond motifs is 12. The van der Waals surface area contributed by atoms with E-state index in [4.69, 9.17) is 35.1 Å². The molecule has 2 fully saturated rings. The van der Waals surface area contributed by atoms with Gasteiger partial charge in [-0.3, -0.25) is 19.0 Å². The van der Waals surface area contributed by atoms with Crippen molar-refractivity contribution in [2.45, 2.75) is 76.4 Å². The van der Waals surface area contributed by atoms with Crippen molar-refractivity contribution in [2.24, 2.45) is 4.99 Å². The molecule has 3 unspecified atom stereocenters. The molecule has 18 heteroatoms. The zero-order chi connectivity index (χ0) is 41.9. The zero-order valence-corrected chi connectivity index (χ0v) is 34.6. The SMILES string of the molecule is CCC12CCC(n3c[n+]4c(n3)C3(CC)CCCN3c3nc(N5CCN=C5c5ccccc5)ncc3-4)CN1c1nc(-n3ccnc3-c3ccc(F)cc3F)ncc1-n1c(C)nnc12. The lowest BCUT2D eigenvalue weighted by Crippen LogP contribution is -2.56. The number of aromatic nitrogens is 12. The second kappa shape index (κ2) is 13.5. The average Bonchev–Trinajstić information content (AvgIpc) is 4.16. The molecule has 0 N–H and O–H groups in total. The van der Waals surface area contributed by atoms with E-state index in [1.807, 2.05) is 31.3 Å². The predicted molar refractivity (Wildman–Crippen MR) is 225 cm³/mol. The third-order valence-corrected chi connectivity index (χ3v) is 13.8. The van der Waals surface area contributed by atoms with Crippen molar-refractivity contribution in [1.29, 1.82) is 0 Å². The molecule has 3 atom stereocenters. The normalized spacial score (nSPS) is 22.2. The average molecular weight is 834 g/mol. The van der Waals surface area contributed by atoms with E-state index in [2.05, 4.69) is 70.9 Å². The van der Waals surface area contributed by atoms with Crippen LogP contribution in [-0.2, 0) is 11.1 Å². The number of imidazole rings is 1. The largest absolute Gasteiger partial charge is 0.338 e. The minimum Gasteiger partial charge on any atom is -0.338 e. The second-order valence-corrected chi connectivity index (χ2v) is 16.7. The van der Waals surface area contributed by atoms with Gasteiger partial charge in [-0.1, -0.05) is 44.2 Å². The van der Waals surface area contributed by atoms with Crippen LogP contribution in [-0.4, -0.2) is 86.0 Å². The van der Waals surface area contributed by atoms with Crippen molar-refractivity contribution >= 4 is 23.4 Å². The monoisotopic (exact) mass is 833 g/mol. The summed E-state index contributed by atoms with van der Waals surface area (Å²) in [5.41, 5.74) is 2.02. The van der Waals surface area contributed by atoms with Crippen molar-refractivity contribution in [3.05, 3.63) is 114 Å². The molecule has 0 saturated carbocycles. The second-order valence-electron chi connectivity index (χ2n) is 16.7. The Morgan fingerprint density at radius 3 is 2.55 bits per heavy atom. The number of rotatable bonds is 7. The predicted octanol–water partition coefficient (Wildman–Crippen LogP) is 5.71. The molecule has 16 nitrogen and oxygen atoms in total. The Hall–Kier alpha value is -6.98. The molecule has 0 radical (unpaired) electrons. The molecule has 12 rings (SSSR count). The van der Waals surface area contributed by atoms with Gasteiger partial charge in [-0.2, -0.15) is 14.5 Å². The highest BCUT2D eigenvalue weighted by Crippen LogP contribution is 2.51. The smallest absolute Gasteiger partial charge is 0.308 e. The molecular weight excluding hydrogens is 791 g/mol. The first-order chi connectivity index (χ1) is 30.3. The van der Waals surface area contributed by atoms with Crippen molar-refractivity contribution in [3.8, 4) is 28.7 Å². The summed E-state index contributed by atoms with van der Waals surface area (Å²) in [6.45, 7) is 9.24. The quantitative estimate of drug-likeness (QED) is 0.182. The molecule has 0 aliphatic carbocycles. The number of hydrogen-bond acceptors (Lipinski definition) is 12. The van der Waals surface area contributed by atoms with E-state index >= 15 is 4.39 Å². The maximum absolute atomic E-state index is 15.1. The Kier molecular flexibility index (Phi) is 8.03. The van der Waals surface area contributed by atoms with Crippen LogP contribution in [0.4, 0.5) is 26.4 Å². The molecule has 5 aromatic heterocycles. The van der Waals surface area contributed by atoms with Gasteiger partial charge < -0.3 is 9.80 Å². The number of aryl methyl sites for hydroxylation is 1. The van der Waals surface area contributed by atoms with E-state index in [0.717, 1.165) is 104 Å². The van der Waals surface area contributed by atoms with Crippen LogP contribution in [0.1, 0.15) is 81.5 Å². The maximum atomic E-state index is 15.1. The molecule has 0 bridgehead atoms. The summed E-state index contributed by atoms with van der Waals surface area (Å²) in [7, 11) is 0. The van der Waals surface area contributed by atoms with Gasteiger partial charge in [0.1, 0.15) is 51.9 Å². The molecule has 5 aliphatic rings. The van der Waals surface area contributed by atoms with Gasteiger partial charge in [0.25, 0.3) is 0 Å². The lowest BCUT2D eigenvalue weighted by Gasteiger charge is -2.50. The van der Waals surface area contributed by atoms with Crippen LogP contribution >= 0.6 is 0 Å². The Bertz CT molecular complexity index is 2960. The number of piperidine rings is 1. The minimum absolute atomic E-state index is 0.0339. The topological polar surface area (TPSA) is 144 Å². The fourth-order valence-corrected chi connectivity index (χ4v) is 10.7. The van der Waals surface area contributed by atoms with E-state index in [-0.39, 0.29) is 23.0 Å². The zero-order valence-electron chi connectivity index (χ0n) is 34.6. The van der Waals surface area contributed by atoms with E-state index in [9.17, 15) is 4.39 Å². The summed E-state index contributed by atoms with van der Waals surface area (Å²) in [5, 5.41) is 14.9. The third kappa shape index (κ3) is 5.08. The van der Waals surface area contributed by atoms with E-state index in [0.29, 0.717) is 30.8 Å². The highest BCUT2D eigenvalue weighted by atomic mass is 19.1. The lowest BCUT2D eigenvalue weighted by molar-refractivity contribution is -0.612. The van der Waals surface area contributed by atoms with Gasteiger partial charge >= 0.3 is 5.82 Å². The van der Waals surface area contributed by atoms with Crippen molar-refractivity contribution < 1.29 is 13.3 Å². The molecule has 7 aromatic rings. The van der Waals surface area contributed by atoms with Gasteiger partial charge in [-0.15, -0.1) is 14.9 Å². The molecule has 312 valence electrons. The van der Waals surface area contributed by atoms with Crippen molar-refractivity contribution in [1.82, 2.24) is 54.0 Å². The van der Waals surface area contributed by atoms with Crippen molar-refractivity contribution in [3.63, 3.8) is 0 Å². The van der Waals surface area contributed by atoms with Crippen LogP contribution in [0, 0.1) is 18.6 Å². The van der Waals surface area contributed by atoms with Crippen LogP contribution in [0.5, 0.6) is 0 Å². The Morgan fingerprint density at radius 2 is 1.71 bits per heavy atom. The van der Waals surface area contributed by atoms with Gasteiger partial charge in [0, 0.05) is 42.2 Å². The van der Waals surface area contributed by atoms with Crippen LogP contribution < -0.4 is 19.3 Å². The standard InChI is InChI=1S/C44H43F2N16/c1-4-43-15-9-19-59(43)37-33(23-49-41(51-37)56-20-17-47-35(56)28-10-7-6-8-11-28)58-26-61(55-40(43)58)30-14-16-44(5-2)39-54-53-27(3)62(39)34-24-50-42(52-38(34)60(44)25-30)57-21-18-48-36(57)31-13-12-29(45)22-32(31)46/h6-8,10-13,18,21-24,26,30H,4-5,9,14-17,19-20,25H2,1-3H3/q+1. The molecule has 0 amide bonds. The van der Waals surface area contributed by atoms with Gasteiger partial charge in [0.15, 0.2) is 23.1 Å². The summed E-state index contributed by atoms with van der Waals surface area (Å²) in [6, 6.07) is 13.7. The Labute approximate surface area is 355 Å². The summed E-state index contributed by atoms with van der Waals surface area (Å²) in [6.07, 6.45) is 14.4. The number of halogens is 2. The van der Waals surface area contributed by atoms with E-state index < -0.39 is 17.2 Å². The van der Waals surface area contributed by atoms with E-state index in [1.165, 1.54) is 12.1 Å². The van der Waals surface area contributed by atoms with E-state index in [1.54, 1.807) is 23.2 Å². The van der Waals surface area contributed by atoms with Crippen LogP contribution in [0.25, 0.3) is 28.7 Å². The van der Waals surface area contributed by atoms with Gasteiger partial charge in [0.05, 0.1) is 31.0 Å². The number of hydrogen-bond donors (Lipinski definition) is 0. The van der Waals surface area contributed by atoms with Gasteiger partial charge in [-0.25, -0.2) is 23.7 Å². The Balaban J connectivity index is 0.943. The highest BCUT2D eigenvalue weighted by molar-refractivity contribution is 6.10. The van der Waals surface area contributed by atoms with Gasteiger partial charge in [-0.05, 0) is 57.6 Å². The number of aliphatic imine (C=N–C) groups is 1. The molecule has 2 aromatic carbocycles. The maximum Gasteiger partial charge on any atom is 0.308 e. The molecule has 2 saturated heterocycles. The van der Waals surface area contributed by atoms with Crippen LogP contribution in [0.3, 0.4) is 0 Å². The first-order valence-electron chi connectivity index (χ1n) is 21.4. The van der Waals surface area contributed by atoms with Crippen LogP contribution in [0.2, 0.25) is 0 Å². The summed E-state index contributed by atoms with van der Waals surface area (Å²) < 4.78 is 37.1. The summed E-state index contributed by atoms with van der Waals surface area (Å²) in [4.78, 5) is 36.6. The molecule has 0 spiro atoms.